The van der Waals surface area contributed by atoms with Crippen molar-refractivity contribution in [2.75, 3.05) is 36.9 Å². The zero-order valence-corrected chi connectivity index (χ0v) is 16.6. The third kappa shape index (κ3) is 4.92. The van der Waals surface area contributed by atoms with Gasteiger partial charge in [0.1, 0.15) is 5.82 Å². The minimum absolute atomic E-state index is 0.162. The van der Waals surface area contributed by atoms with Crippen LogP contribution >= 0.6 is 0 Å². The lowest BCUT2D eigenvalue weighted by Crippen LogP contribution is -2.25. The third-order valence-corrected chi connectivity index (χ3v) is 4.86. The number of ether oxygens (including phenoxy) is 1. The predicted molar refractivity (Wildman–Crippen MR) is 111 cm³/mol. The number of hydrogen-bond donors (Lipinski definition) is 2. The summed E-state index contributed by atoms with van der Waals surface area (Å²) in [7, 11) is 0. The zero-order chi connectivity index (χ0) is 20.8. The highest BCUT2D eigenvalue weighted by Crippen LogP contribution is 2.33. The lowest BCUT2D eigenvalue weighted by Gasteiger charge is -2.17. The molecule has 2 N–H and O–H groups in total. The molecule has 0 radical (unpaired) electrons. The molecular weight excluding hydrogens is 376 g/mol. The zero-order valence-electron chi connectivity index (χ0n) is 16.6. The largest absolute Gasteiger partial charge is 0.490 e. The second-order valence-electron chi connectivity index (χ2n) is 6.69. The number of fused-ring (bicyclic) bond motifs is 1. The first-order valence-electron chi connectivity index (χ1n) is 9.75. The maximum absolute atomic E-state index is 14.3. The van der Waals surface area contributed by atoms with Crippen LogP contribution in [0, 0.1) is 11.6 Å². The van der Waals surface area contributed by atoms with Crippen LogP contribution in [0.3, 0.4) is 0 Å². The van der Waals surface area contributed by atoms with E-state index in [2.05, 4.69) is 29.4 Å². The molecule has 1 amide bonds. The molecule has 0 saturated heterocycles. The number of benzene rings is 2. The van der Waals surface area contributed by atoms with Crippen LogP contribution in [0.25, 0.3) is 5.57 Å². The Labute approximate surface area is 169 Å². The van der Waals surface area contributed by atoms with Gasteiger partial charge in [0.2, 0.25) is 0 Å². The van der Waals surface area contributed by atoms with Gasteiger partial charge in [0.25, 0.3) is 5.91 Å². The number of carbonyl (C=O) groups is 1. The van der Waals surface area contributed by atoms with Crippen molar-refractivity contribution >= 4 is 22.9 Å². The molecule has 7 heteroatoms. The summed E-state index contributed by atoms with van der Waals surface area (Å²) in [5.41, 5.74) is 1.22. The Morgan fingerprint density at radius 1 is 1.14 bits per heavy atom. The molecule has 0 aromatic heterocycles. The van der Waals surface area contributed by atoms with Gasteiger partial charge in [-0.15, -0.1) is 0 Å². The highest BCUT2D eigenvalue weighted by atomic mass is 19.1. The van der Waals surface area contributed by atoms with Gasteiger partial charge >= 0.3 is 0 Å². The monoisotopic (exact) mass is 401 g/mol. The van der Waals surface area contributed by atoms with E-state index in [4.69, 9.17) is 4.74 Å². The topological polar surface area (TPSA) is 53.6 Å². The molecule has 0 aliphatic carbocycles. The smallest absolute Gasteiger partial charge is 0.257 e. The first kappa shape index (κ1) is 20.8. The summed E-state index contributed by atoms with van der Waals surface area (Å²) in [5.74, 6) is -1.23. The van der Waals surface area contributed by atoms with E-state index in [9.17, 15) is 13.6 Å². The van der Waals surface area contributed by atoms with Crippen LogP contribution in [-0.4, -0.2) is 37.0 Å². The lowest BCUT2D eigenvalue weighted by atomic mass is 10.1. The van der Waals surface area contributed by atoms with Gasteiger partial charge in [0.15, 0.2) is 11.6 Å². The predicted octanol–water partition coefficient (Wildman–Crippen LogP) is 4.48. The number of rotatable bonds is 9. The van der Waals surface area contributed by atoms with E-state index < -0.39 is 17.5 Å². The fourth-order valence-electron chi connectivity index (χ4n) is 3.22. The normalized spacial score (nSPS) is 14.2. The number of anilines is 2. The summed E-state index contributed by atoms with van der Waals surface area (Å²) in [4.78, 5) is 14.4. The lowest BCUT2D eigenvalue weighted by molar-refractivity contribution is -0.110. The van der Waals surface area contributed by atoms with Crippen LogP contribution in [0.1, 0.15) is 25.8 Å². The summed E-state index contributed by atoms with van der Waals surface area (Å²) < 4.78 is 33.9. The van der Waals surface area contributed by atoms with Gasteiger partial charge in [0.05, 0.1) is 17.9 Å². The van der Waals surface area contributed by atoms with Crippen LogP contribution in [-0.2, 0) is 4.79 Å². The fraction of sp³-hybridized carbons (Fsp3) is 0.318. The standard InChI is InChI=1S/C22H25F2N3O2/c1-3-27(4-2)11-6-12-29-20-10-9-15(13-18(20)24)25-14-16-21-17(23)7-5-8-19(21)26-22(16)28/h5,7-10,13-14,25H,3-4,6,11-12H2,1-2H3,(H,26,28). The van der Waals surface area contributed by atoms with Crippen LogP contribution in [0.5, 0.6) is 5.75 Å². The number of nitrogens with one attached hydrogen (secondary N) is 2. The van der Waals surface area contributed by atoms with Crippen molar-refractivity contribution in [2.24, 2.45) is 0 Å². The van der Waals surface area contributed by atoms with Crippen LogP contribution < -0.4 is 15.4 Å². The second-order valence-corrected chi connectivity index (χ2v) is 6.69. The van der Waals surface area contributed by atoms with E-state index in [1.54, 1.807) is 12.1 Å². The van der Waals surface area contributed by atoms with Crippen molar-refractivity contribution in [2.45, 2.75) is 20.3 Å². The van der Waals surface area contributed by atoms with Gasteiger partial charge < -0.3 is 20.3 Å². The fourth-order valence-corrected chi connectivity index (χ4v) is 3.22. The van der Waals surface area contributed by atoms with Crippen LogP contribution in [0.4, 0.5) is 20.2 Å². The third-order valence-electron chi connectivity index (χ3n) is 4.86. The van der Waals surface area contributed by atoms with Crippen molar-refractivity contribution in [1.29, 1.82) is 0 Å². The molecule has 0 saturated carbocycles. The first-order valence-corrected chi connectivity index (χ1v) is 9.75. The number of nitrogens with zero attached hydrogens (tertiary/aromatic N) is 1. The Kier molecular flexibility index (Phi) is 6.82. The number of carbonyl (C=O) groups excluding carboxylic acids is 1. The molecule has 0 bridgehead atoms. The SMILES string of the molecule is CCN(CC)CCCOc1ccc(NC=C2C(=O)Nc3cccc(F)c32)cc1F. The molecular formula is C22H25F2N3O2. The number of halogens is 2. The van der Waals surface area contributed by atoms with Crippen molar-refractivity contribution in [3.63, 3.8) is 0 Å². The molecule has 154 valence electrons. The summed E-state index contributed by atoms with van der Waals surface area (Å²) in [6, 6.07) is 8.92. The highest BCUT2D eigenvalue weighted by molar-refractivity contribution is 6.31. The summed E-state index contributed by atoms with van der Waals surface area (Å²) >= 11 is 0. The molecule has 1 aliphatic rings. The summed E-state index contributed by atoms with van der Waals surface area (Å²) in [5, 5.41) is 5.46. The molecule has 1 heterocycles. The minimum atomic E-state index is -0.501. The number of amides is 1. The first-order chi connectivity index (χ1) is 14.0. The van der Waals surface area contributed by atoms with Crippen molar-refractivity contribution in [3.8, 4) is 5.75 Å². The minimum Gasteiger partial charge on any atom is -0.490 e. The molecule has 0 unspecified atom stereocenters. The Hall–Kier alpha value is -2.93. The molecule has 2 aromatic rings. The van der Waals surface area contributed by atoms with Crippen molar-refractivity contribution < 1.29 is 18.3 Å². The highest BCUT2D eigenvalue weighted by Gasteiger charge is 2.27. The second kappa shape index (κ2) is 9.52. The average molecular weight is 401 g/mol. The molecule has 0 atom stereocenters. The van der Waals surface area contributed by atoms with Crippen molar-refractivity contribution in [3.05, 3.63) is 59.8 Å². The molecule has 3 rings (SSSR count). The number of hydrogen-bond acceptors (Lipinski definition) is 4. The van der Waals surface area contributed by atoms with Gasteiger partial charge in [-0.3, -0.25) is 4.79 Å². The van der Waals surface area contributed by atoms with Gasteiger partial charge in [-0.25, -0.2) is 8.78 Å². The average Bonchev–Trinajstić information content (AvgIpc) is 3.04. The van der Waals surface area contributed by atoms with E-state index in [0.29, 0.717) is 18.0 Å². The molecule has 5 nitrogen and oxygen atoms in total. The molecule has 0 spiro atoms. The van der Waals surface area contributed by atoms with Gasteiger partial charge in [0, 0.05) is 30.1 Å². The van der Waals surface area contributed by atoms with E-state index in [0.717, 1.165) is 26.1 Å². The summed E-state index contributed by atoms with van der Waals surface area (Å²) in [6.45, 7) is 7.50. The van der Waals surface area contributed by atoms with E-state index >= 15 is 0 Å². The van der Waals surface area contributed by atoms with E-state index in [1.807, 2.05) is 0 Å². The maximum atomic E-state index is 14.3. The molecule has 1 aliphatic heterocycles. The molecule has 29 heavy (non-hydrogen) atoms. The van der Waals surface area contributed by atoms with E-state index in [-0.39, 0.29) is 16.9 Å². The molecule has 2 aromatic carbocycles. The van der Waals surface area contributed by atoms with Crippen molar-refractivity contribution in [1.82, 2.24) is 4.90 Å². The Morgan fingerprint density at radius 3 is 2.66 bits per heavy atom. The van der Waals surface area contributed by atoms with E-state index in [1.165, 1.54) is 30.5 Å². The Morgan fingerprint density at radius 2 is 1.93 bits per heavy atom. The summed E-state index contributed by atoms with van der Waals surface area (Å²) in [6.07, 6.45) is 2.19. The van der Waals surface area contributed by atoms with Gasteiger partial charge in [-0.1, -0.05) is 19.9 Å². The molecule has 0 fully saturated rings. The Bertz CT molecular complexity index is 911. The Balaban J connectivity index is 1.62. The van der Waals surface area contributed by atoms with Crippen LogP contribution in [0.15, 0.2) is 42.6 Å². The van der Waals surface area contributed by atoms with Crippen LogP contribution in [0.2, 0.25) is 0 Å². The van der Waals surface area contributed by atoms with Gasteiger partial charge in [-0.05, 0) is 43.8 Å². The quantitative estimate of drug-likeness (QED) is 0.481. The van der Waals surface area contributed by atoms with Gasteiger partial charge in [-0.2, -0.15) is 0 Å². The maximum Gasteiger partial charge on any atom is 0.257 e.